The zero-order valence-corrected chi connectivity index (χ0v) is 52.6. The Morgan fingerprint density at radius 2 is 0.522 bits per heavy atom. The number of fused-ring (bicyclic) bond motifs is 9. The van der Waals surface area contributed by atoms with E-state index in [9.17, 15) is 10.0 Å². The molecule has 0 saturated carbocycles. The summed E-state index contributed by atoms with van der Waals surface area (Å²) in [6.07, 6.45) is 3.16. The molecule has 5 heterocycles. The molecule has 0 saturated heterocycles. The molecule has 12 aromatic carbocycles. The molecule has 0 radical (unpaired) electrons. The van der Waals surface area contributed by atoms with E-state index in [1.54, 1.807) is 18.5 Å². The lowest BCUT2D eigenvalue weighted by atomic mass is 9.79. The van der Waals surface area contributed by atoms with Crippen LogP contribution in [-0.4, -0.2) is 50.8 Å². The Morgan fingerprint density at radius 1 is 0.250 bits per heavy atom. The molecule has 0 aliphatic carbocycles. The van der Waals surface area contributed by atoms with Gasteiger partial charge in [-0.15, -0.1) is 0 Å². The third-order valence-corrected chi connectivity index (χ3v) is 17.7. The van der Waals surface area contributed by atoms with Gasteiger partial charge in [0.05, 0.1) is 44.5 Å². The van der Waals surface area contributed by atoms with E-state index in [0.717, 1.165) is 82.2 Å². The predicted octanol–water partition coefficient (Wildman–Crippen LogP) is 19.5. The highest BCUT2D eigenvalue weighted by molar-refractivity contribution is 9.11. The lowest BCUT2D eigenvalue weighted by Crippen LogP contribution is -2.29. The molecule has 17 aromatic rings. The number of hydrogen-bond donors (Lipinski definition) is 2. The van der Waals surface area contributed by atoms with Crippen LogP contribution < -0.4 is 5.46 Å². The Bertz CT molecular complexity index is 5210. The maximum atomic E-state index is 9.49. The van der Waals surface area contributed by atoms with E-state index in [-0.39, 0.29) is 0 Å². The number of rotatable bonds is 9. The predicted molar refractivity (Wildman–Crippen MR) is 386 cm³/mol. The van der Waals surface area contributed by atoms with Crippen LogP contribution in [-0.2, 0) is 0 Å². The lowest BCUT2D eigenvalue weighted by Gasteiger charge is -2.12. The molecule has 0 aliphatic heterocycles. The Labute approximate surface area is 547 Å². The number of aromatic nitrogens is 7. The molecule has 12 heteroatoms. The van der Waals surface area contributed by atoms with Gasteiger partial charge in [0.2, 0.25) is 0 Å². The van der Waals surface area contributed by atoms with Gasteiger partial charge in [-0.3, -0.25) is 0 Å². The molecular weight excluding hydrogens is 1260 g/mol. The van der Waals surface area contributed by atoms with Gasteiger partial charge in [0.15, 0.2) is 0 Å². The Balaban J connectivity index is 0.000000161. The van der Waals surface area contributed by atoms with Crippen molar-refractivity contribution in [3.05, 3.63) is 325 Å². The van der Waals surface area contributed by atoms with Gasteiger partial charge in [0.25, 0.3) is 0 Å². The average Bonchev–Trinajstić information content (AvgIpc) is 2.00. The summed E-state index contributed by atoms with van der Waals surface area (Å²) in [5, 5.41) is 26.5. The summed E-state index contributed by atoms with van der Waals surface area (Å²) in [6.45, 7) is 0. The SMILES string of the molecule is Brc1cc(Br)ncn1.OB(O)c1cccc(-c2cccc(-n3c4ccccc4c4ccccc43)c2)c1.c1cc(-c2cccc(-n3c4ccccc4c4ccccc43)c2)cc(-c2cc(-c3cccc(-c4cccc(-n5c6ccccc6c6ccccc65)c4)c3)ncn2)c1. The fraction of sp³-hybridized carbons (Fsp3) is 0. The van der Waals surface area contributed by atoms with E-state index < -0.39 is 7.12 Å². The van der Waals surface area contributed by atoms with E-state index in [1.165, 1.54) is 71.7 Å². The topological polar surface area (TPSA) is 107 Å². The molecule has 0 atom stereocenters. The van der Waals surface area contributed by atoms with Gasteiger partial charge in [0.1, 0.15) is 21.9 Å². The summed E-state index contributed by atoms with van der Waals surface area (Å²) in [7, 11) is -1.47. The van der Waals surface area contributed by atoms with Crippen LogP contribution in [0.15, 0.2) is 325 Å². The molecule has 0 amide bonds. The number of benzene rings is 12. The van der Waals surface area contributed by atoms with E-state index >= 15 is 0 Å². The highest BCUT2D eigenvalue weighted by Crippen LogP contribution is 2.38. The second-order valence-corrected chi connectivity index (χ2v) is 24.0. The maximum Gasteiger partial charge on any atom is 0.488 e. The van der Waals surface area contributed by atoms with Crippen molar-refractivity contribution in [1.29, 1.82) is 0 Å². The van der Waals surface area contributed by atoms with E-state index in [4.69, 9.17) is 9.97 Å². The molecule has 438 valence electrons. The van der Waals surface area contributed by atoms with Gasteiger partial charge in [-0.05, 0) is 162 Å². The highest BCUT2D eigenvalue weighted by Gasteiger charge is 2.18. The normalized spacial score (nSPS) is 11.3. The summed E-state index contributed by atoms with van der Waals surface area (Å²) in [6, 6.07) is 106. The third-order valence-electron chi connectivity index (χ3n) is 16.8. The van der Waals surface area contributed by atoms with Crippen molar-refractivity contribution >= 4 is 110 Å². The van der Waals surface area contributed by atoms with Gasteiger partial charge in [0, 0.05) is 66.6 Å². The van der Waals surface area contributed by atoms with Crippen molar-refractivity contribution in [3.8, 4) is 73.0 Å². The Hall–Kier alpha value is -10.9. The minimum absolute atomic E-state index is 0.486. The van der Waals surface area contributed by atoms with Crippen molar-refractivity contribution in [2.45, 2.75) is 0 Å². The molecule has 0 unspecified atom stereocenters. The first-order valence-electron chi connectivity index (χ1n) is 30.2. The van der Waals surface area contributed by atoms with Gasteiger partial charge in [-0.25, -0.2) is 19.9 Å². The molecule has 0 aliphatic rings. The van der Waals surface area contributed by atoms with Crippen molar-refractivity contribution in [2.24, 2.45) is 0 Å². The van der Waals surface area contributed by atoms with Crippen LogP contribution in [0.4, 0.5) is 0 Å². The highest BCUT2D eigenvalue weighted by atomic mass is 79.9. The molecule has 9 nitrogen and oxygen atoms in total. The fourth-order valence-electron chi connectivity index (χ4n) is 12.7. The van der Waals surface area contributed by atoms with Crippen LogP contribution in [0.2, 0.25) is 0 Å². The van der Waals surface area contributed by atoms with Crippen LogP contribution >= 0.6 is 31.9 Å². The first-order chi connectivity index (χ1) is 45.3. The molecule has 92 heavy (non-hydrogen) atoms. The summed E-state index contributed by atoms with van der Waals surface area (Å²) in [5.74, 6) is 0. The second kappa shape index (κ2) is 25.2. The number of para-hydroxylation sites is 6. The van der Waals surface area contributed by atoms with Crippen molar-refractivity contribution in [3.63, 3.8) is 0 Å². The average molecular weight is 1320 g/mol. The zero-order chi connectivity index (χ0) is 62.1. The molecule has 5 aromatic heterocycles. The maximum absolute atomic E-state index is 9.49. The number of hydrogen-bond acceptors (Lipinski definition) is 6. The van der Waals surface area contributed by atoms with Gasteiger partial charge < -0.3 is 23.7 Å². The smallest absolute Gasteiger partial charge is 0.423 e. The Morgan fingerprint density at radius 3 is 0.837 bits per heavy atom. The Kier molecular flexibility index (Phi) is 15.8. The van der Waals surface area contributed by atoms with Crippen molar-refractivity contribution in [2.75, 3.05) is 0 Å². The largest absolute Gasteiger partial charge is 0.488 e. The van der Waals surface area contributed by atoms with E-state index in [1.807, 2.05) is 30.3 Å². The number of nitrogens with zero attached hydrogens (tertiary/aromatic N) is 7. The summed E-state index contributed by atoms with van der Waals surface area (Å²) in [5.41, 5.74) is 21.4. The van der Waals surface area contributed by atoms with Crippen LogP contribution in [0.1, 0.15) is 0 Å². The van der Waals surface area contributed by atoms with Crippen molar-refractivity contribution in [1.82, 2.24) is 33.6 Å². The van der Waals surface area contributed by atoms with Crippen molar-refractivity contribution < 1.29 is 10.0 Å². The van der Waals surface area contributed by atoms with Gasteiger partial charge in [-0.2, -0.15) is 0 Å². The first kappa shape index (κ1) is 57.6. The zero-order valence-electron chi connectivity index (χ0n) is 49.4. The van der Waals surface area contributed by atoms with Crippen LogP contribution in [0.25, 0.3) is 138 Å². The standard InChI is InChI=1S/C52H34N4.C24H18BNO2.C4H2Br2N2/c1-5-25-49-43(21-1)44-22-2-6-26-50(44)55(49)41-19-11-15-37(31-41)35-13-9-17-39(29-35)47-33-48(54-34-53-47)40-18-10-14-36(30-40)38-16-12-20-42(32-38)56-51-27-7-3-23-45(51)46-24-4-8-28-52(46)56;27-25(28)19-9-5-7-17(15-19)18-8-6-10-20(16-18)26-23-13-3-1-11-21(23)22-12-2-4-14-24(22)26;5-3-1-4(6)8-2-7-3/h1-34H;1-16,27-28H;1-2H. The second-order valence-electron chi connectivity index (χ2n) is 22.4. The van der Waals surface area contributed by atoms with Crippen LogP contribution in [0.3, 0.4) is 0 Å². The van der Waals surface area contributed by atoms with Gasteiger partial charge >= 0.3 is 7.12 Å². The fourth-order valence-corrected chi connectivity index (χ4v) is 13.6. The minimum atomic E-state index is -1.47. The quantitative estimate of drug-likeness (QED) is 0.110. The summed E-state index contributed by atoms with van der Waals surface area (Å²) < 4.78 is 8.59. The molecule has 0 fully saturated rings. The van der Waals surface area contributed by atoms with E-state index in [2.05, 4.69) is 316 Å². The molecule has 0 bridgehead atoms. The summed E-state index contributed by atoms with van der Waals surface area (Å²) in [4.78, 5) is 17.1. The molecular formula is C80H54BBr2N7O2. The van der Waals surface area contributed by atoms with Gasteiger partial charge in [-0.1, -0.05) is 206 Å². The lowest BCUT2D eigenvalue weighted by molar-refractivity contribution is 0.426. The molecule has 0 spiro atoms. The summed E-state index contributed by atoms with van der Waals surface area (Å²) >= 11 is 6.36. The molecule has 2 N–H and O–H groups in total. The molecule has 17 rings (SSSR count). The third kappa shape index (κ3) is 11.3. The van der Waals surface area contributed by atoms with E-state index in [0.29, 0.717) is 5.46 Å². The minimum Gasteiger partial charge on any atom is -0.423 e. The monoisotopic (exact) mass is 1310 g/mol. The first-order valence-corrected chi connectivity index (χ1v) is 31.8. The van der Waals surface area contributed by atoms with Crippen LogP contribution in [0.5, 0.6) is 0 Å². The van der Waals surface area contributed by atoms with Crippen LogP contribution in [0, 0.1) is 0 Å². The number of halogens is 2.